The molecular formula is C16H19ClN2O2. The number of rotatable bonds is 5. The Bertz CT molecular complexity index is 632. The van der Waals surface area contributed by atoms with Crippen molar-refractivity contribution in [1.82, 2.24) is 5.43 Å². The first kappa shape index (κ1) is 15.6. The molecule has 1 atom stereocenters. The molecule has 0 amide bonds. The summed E-state index contributed by atoms with van der Waals surface area (Å²) in [7, 11) is 3.26. The van der Waals surface area contributed by atoms with Crippen LogP contribution < -0.4 is 20.7 Å². The Morgan fingerprint density at radius 2 is 1.76 bits per heavy atom. The smallest absolute Gasteiger partial charge is 0.125 e. The highest BCUT2D eigenvalue weighted by Crippen LogP contribution is 2.34. The van der Waals surface area contributed by atoms with Crippen LogP contribution in [0.3, 0.4) is 0 Å². The molecule has 0 fully saturated rings. The highest BCUT2D eigenvalue weighted by Gasteiger charge is 2.19. The SMILES string of the molecule is COc1ccc(C(NN)c2ccc(Cl)cc2OC)c(C)c1. The average Bonchev–Trinajstić information content (AvgIpc) is 2.50. The van der Waals surface area contributed by atoms with E-state index >= 15 is 0 Å². The zero-order valence-corrected chi connectivity index (χ0v) is 13.1. The maximum Gasteiger partial charge on any atom is 0.125 e. The molecule has 1 unspecified atom stereocenters. The number of nitrogens with one attached hydrogen (secondary N) is 1. The molecular weight excluding hydrogens is 288 g/mol. The van der Waals surface area contributed by atoms with Gasteiger partial charge in [0.25, 0.3) is 0 Å². The monoisotopic (exact) mass is 306 g/mol. The van der Waals surface area contributed by atoms with Crippen molar-refractivity contribution >= 4 is 11.6 Å². The molecule has 112 valence electrons. The molecule has 2 aromatic rings. The van der Waals surface area contributed by atoms with Crippen LogP contribution in [-0.2, 0) is 0 Å². The average molecular weight is 307 g/mol. The van der Waals surface area contributed by atoms with Gasteiger partial charge in [-0.05, 0) is 42.3 Å². The van der Waals surface area contributed by atoms with Crippen LogP contribution in [0.25, 0.3) is 0 Å². The first-order chi connectivity index (χ1) is 10.1. The van der Waals surface area contributed by atoms with Gasteiger partial charge in [0.1, 0.15) is 11.5 Å². The largest absolute Gasteiger partial charge is 0.497 e. The van der Waals surface area contributed by atoms with Gasteiger partial charge in [0.15, 0.2) is 0 Å². The third-order valence-corrected chi connectivity index (χ3v) is 3.70. The van der Waals surface area contributed by atoms with E-state index in [2.05, 4.69) is 5.43 Å². The van der Waals surface area contributed by atoms with E-state index in [-0.39, 0.29) is 6.04 Å². The summed E-state index contributed by atoms with van der Waals surface area (Å²) in [5, 5.41) is 0.623. The summed E-state index contributed by atoms with van der Waals surface area (Å²) in [6.45, 7) is 2.02. The first-order valence-corrected chi connectivity index (χ1v) is 6.92. The summed E-state index contributed by atoms with van der Waals surface area (Å²) in [5.74, 6) is 7.28. The number of hydrogen-bond donors (Lipinski definition) is 2. The van der Waals surface area contributed by atoms with Crippen LogP contribution in [0.2, 0.25) is 5.02 Å². The molecule has 5 heteroatoms. The summed E-state index contributed by atoms with van der Waals surface area (Å²) >= 11 is 6.01. The number of hydrogen-bond acceptors (Lipinski definition) is 4. The van der Waals surface area contributed by atoms with Crippen LogP contribution in [0.1, 0.15) is 22.7 Å². The standard InChI is InChI=1S/C16H19ClN2O2/c1-10-8-12(20-2)5-7-13(10)16(19-18)14-6-4-11(17)9-15(14)21-3/h4-9,16,19H,18H2,1-3H3. The van der Waals surface area contributed by atoms with Gasteiger partial charge in [-0.15, -0.1) is 0 Å². The Morgan fingerprint density at radius 1 is 1.05 bits per heavy atom. The Hall–Kier alpha value is -1.75. The van der Waals surface area contributed by atoms with E-state index in [4.69, 9.17) is 26.9 Å². The number of hydrazine groups is 1. The van der Waals surface area contributed by atoms with Crippen molar-refractivity contribution < 1.29 is 9.47 Å². The zero-order valence-electron chi connectivity index (χ0n) is 12.3. The van der Waals surface area contributed by atoms with Crippen LogP contribution >= 0.6 is 11.6 Å². The Kier molecular flexibility index (Phi) is 5.07. The lowest BCUT2D eigenvalue weighted by molar-refractivity contribution is 0.404. The van der Waals surface area contributed by atoms with Gasteiger partial charge in [0.05, 0.1) is 20.3 Å². The second kappa shape index (κ2) is 6.80. The predicted octanol–water partition coefficient (Wildman–Crippen LogP) is 3.22. The van der Waals surface area contributed by atoms with Crippen LogP contribution in [0.4, 0.5) is 0 Å². The Labute approximate surface area is 129 Å². The molecule has 0 radical (unpaired) electrons. The summed E-state index contributed by atoms with van der Waals surface area (Å²) in [6, 6.07) is 11.2. The van der Waals surface area contributed by atoms with Gasteiger partial charge in [-0.3, -0.25) is 5.84 Å². The van der Waals surface area contributed by atoms with Crippen molar-refractivity contribution in [3.63, 3.8) is 0 Å². The normalized spacial score (nSPS) is 12.0. The van der Waals surface area contributed by atoms with Crippen molar-refractivity contribution in [2.45, 2.75) is 13.0 Å². The van der Waals surface area contributed by atoms with E-state index in [1.807, 2.05) is 37.3 Å². The fourth-order valence-corrected chi connectivity index (χ4v) is 2.53. The second-order valence-electron chi connectivity index (χ2n) is 4.71. The highest BCUT2D eigenvalue weighted by atomic mass is 35.5. The maximum atomic E-state index is 6.01. The van der Waals surface area contributed by atoms with Crippen LogP contribution in [0.15, 0.2) is 36.4 Å². The fourth-order valence-electron chi connectivity index (χ4n) is 2.37. The first-order valence-electron chi connectivity index (χ1n) is 6.54. The van der Waals surface area contributed by atoms with E-state index in [9.17, 15) is 0 Å². The Morgan fingerprint density at radius 3 is 2.33 bits per heavy atom. The number of benzene rings is 2. The fraction of sp³-hybridized carbons (Fsp3) is 0.250. The quantitative estimate of drug-likeness (QED) is 0.658. The predicted molar refractivity (Wildman–Crippen MR) is 84.9 cm³/mol. The van der Waals surface area contributed by atoms with E-state index in [1.54, 1.807) is 20.3 Å². The van der Waals surface area contributed by atoms with Crippen molar-refractivity contribution in [2.24, 2.45) is 5.84 Å². The molecule has 0 saturated heterocycles. The van der Waals surface area contributed by atoms with Crippen LogP contribution in [-0.4, -0.2) is 14.2 Å². The molecule has 0 aromatic heterocycles. The molecule has 0 aliphatic rings. The van der Waals surface area contributed by atoms with E-state index in [0.29, 0.717) is 10.8 Å². The molecule has 2 aromatic carbocycles. The minimum Gasteiger partial charge on any atom is -0.497 e. The second-order valence-corrected chi connectivity index (χ2v) is 5.14. The van der Waals surface area contributed by atoms with Gasteiger partial charge in [-0.2, -0.15) is 0 Å². The molecule has 0 saturated carbocycles. The molecule has 2 rings (SSSR count). The molecule has 0 heterocycles. The molecule has 4 nitrogen and oxygen atoms in total. The van der Waals surface area contributed by atoms with Crippen molar-refractivity contribution in [2.75, 3.05) is 14.2 Å². The van der Waals surface area contributed by atoms with Gasteiger partial charge in [-0.1, -0.05) is 23.7 Å². The molecule has 0 spiro atoms. The van der Waals surface area contributed by atoms with E-state index in [1.165, 1.54) is 0 Å². The molecule has 3 N–H and O–H groups in total. The lowest BCUT2D eigenvalue weighted by atomic mass is 9.94. The Balaban J connectivity index is 2.49. The summed E-state index contributed by atoms with van der Waals surface area (Å²) in [4.78, 5) is 0. The molecule has 0 bridgehead atoms. The number of halogens is 1. The number of aryl methyl sites for hydroxylation is 1. The van der Waals surface area contributed by atoms with Crippen molar-refractivity contribution in [3.05, 3.63) is 58.1 Å². The third-order valence-electron chi connectivity index (χ3n) is 3.46. The minimum absolute atomic E-state index is 0.192. The highest BCUT2D eigenvalue weighted by molar-refractivity contribution is 6.30. The molecule has 0 aliphatic heterocycles. The summed E-state index contributed by atoms with van der Waals surface area (Å²) in [5.41, 5.74) is 5.90. The van der Waals surface area contributed by atoms with Gasteiger partial charge < -0.3 is 9.47 Å². The van der Waals surface area contributed by atoms with E-state index < -0.39 is 0 Å². The maximum absolute atomic E-state index is 6.01. The lowest BCUT2D eigenvalue weighted by Crippen LogP contribution is -2.29. The van der Waals surface area contributed by atoms with Gasteiger partial charge in [0.2, 0.25) is 0 Å². The number of methoxy groups -OCH3 is 2. The van der Waals surface area contributed by atoms with Crippen LogP contribution in [0, 0.1) is 6.92 Å². The van der Waals surface area contributed by atoms with Gasteiger partial charge in [0, 0.05) is 10.6 Å². The topological polar surface area (TPSA) is 56.5 Å². The molecule has 0 aliphatic carbocycles. The van der Waals surface area contributed by atoms with Crippen molar-refractivity contribution in [1.29, 1.82) is 0 Å². The lowest BCUT2D eigenvalue weighted by Gasteiger charge is -2.22. The third kappa shape index (κ3) is 3.29. The van der Waals surface area contributed by atoms with E-state index in [0.717, 1.165) is 22.4 Å². The van der Waals surface area contributed by atoms with Gasteiger partial charge in [-0.25, -0.2) is 5.43 Å². The zero-order chi connectivity index (χ0) is 15.4. The number of ether oxygens (including phenoxy) is 2. The van der Waals surface area contributed by atoms with Crippen molar-refractivity contribution in [3.8, 4) is 11.5 Å². The van der Waals surface area contributed by atoms with Gasteiger partial charge >= 0.3 is 0 Å². The number of nitrogens with two attached hydrogens (primary N) is 1. The van der Waals surface area contributed by atoms with Crippen LogP contribution in [0.5, 0.6) is 11.5 Å². The summed E-state index contributed by atoms with van der Waals surface area (Å²) < 4.78 is 10.6. The minimum atomic E-state index is -0.192. The molecule has 21 heavy (non-hydrogen) atoms. The summed E-state index contributed by atoms with van der Waals surface area (Å²) in [6.07, 6.45) is 0.